The molecule has 27 unspecified atom stereocenters. The van der Waals surface area contributed by atoms with Crippen molar-refractivity contribution in [1.82, 2.24) is 0 Å². The zero-order valence-electron chi connectivity index (χ0n) is 68.9. The second kappa shape index (κ2) is 47.2. The number of hydrogen-bond donors (Lipinski definition) is 6. The van der Waals surface area contributed by atoms with Crippen LogP contribution in [0.15, 0.2) is 0 Å². The average molecular weight is 1450 g/mol. The number of aliphatic hydroxyl groups is 6. The molecule has 0 radical (unpaired) electrons. The van der Waals surface area contributed by atoms with E-state index in [-0.39, 0.29) is 19.3 Å². The Morgan fingerprint density at radius 2 is 0.621 bits per heavy atom. The molecule has 0 amide bonds. The molecule has 1 aliphatic heterocycles. The highest BCUT2D eigenvalue weighted by atomic mass is 16.6. The maximum Gasteiger partial charge on any atom is 0.145 e. The van der Waals surface area contributed by atoms with E-state index in [1.54, 1.807) is 0 Å². The minimum absolute atomic E-state index is 0.00971. The first-order chi connectivity index (χ1) is 49.7. The Kier molecular flexibility index (Phi) is 40.4. The molecule has 11 nitrogen and oxygen atoms in total. The minimum Gasteiger partial charge on any atom is -0.394 e. The number of rotatable bonds is 5. The van der Waals surface area contributed by atoms with Gasteiger partial charge >= 0.3 is 0 Å². The summed E-state index contributed by atoms with van der Waals surface area (Å²) in [6.07, 6.45) is 52.8. The van der Waals surface area contributed by atoms with Crippen molar-refractivity contribution in [2.24, 2.45) is 130 Å². The van der Waals surface area contributed by atoms with Crippen molar-refractivity contribution >= 4 is 0 Å². The summed E-state index contributed by atoms with van der Waals surface area (Å²) in [5.41, 5.74) is -2.18. The summed E-state index contributed by atoms with van der Waals surface area (Å²) < 4.78 is 31.4. The topological polar surface area (TPSA) is 168 Å². The van der Waals surface area contributed by atoms with E-state index in [0.29, 0.717) is 44.2 Å². The molecule has 6 N–H and O–H groups in total. The Hall–Kier alpha value is -0.440. The zero-order valence-corrected chi connectivity index (χ0v) is 68.9. The highest BCUT2D eigenvalue weighted by Gasteiger charge is 2.60. The largest absolute Gasteiger partial charge is 0.394 e. The van der Waals surface area contributed by atoms with Gasteiger partial charge in [-0.05, 0) is 246 Å². The molecule has 29 atom stereocenters. The first kappa shape index (κ1) is 88.1. The first-order valence-corrected chi connectivity index (χ1v) is 45.7. The fraction of sp³-hybridized carbons (Fsp3) is 1.00. The van der Waals surface area contributed by atoms with Crippen molar-refractivity contribution in [3.8, 4) is 0 Å². The fourth-order valence-electron chi connectivity index (χ4n) is 22.9. The number of ether oxygens (including phenoxy) is 5. The van der Waals surface area contributed by atoms with Gasteiger partial charge in [0, 0.05) is 26.4 Å². The van der Waals surface area contributed by atoms with Crippen molar-refractivity contribution in [1.29, 1.82) is 0 Å². The van der Waals surface area contributed by atoms with Crippen molar-refractivity contribution < 1.29 is 54.3 Å². The van der Waals surface area contributed by atoms with Gasteiger partial charge in [0.1, 0.15) is 42.2 Å². The maximum absolute atomic E-state index is 11.1. The molecule has 1 heterocycles. The van der Waals surface area contributed by atoms with Crippen molar-refractivity contribution in [2.45, 2.75) is 394 Å². The van der Waals surface area contributed by atoms with Crippen LogP contribution < -0.4 is 0 Å². The van der Waals surface area contributed by atoms with Crippen LogP contribution in [0, 0.1) is 130 Å². The Bertz CT molecular complexity index is 2180. The van der Waals surface area contributed by atoms with Crippen LogP contribution in [0.5, 0.6) is 0 Å². The molecule has 11 heteroatoms. The molecule has 0 aromatic heterocycles. The number of fused-ring (bicyclic) bond motifs is 14. The molecule has 0 aromatic carbocycles. The molecule has 604 valence electrons. The Morgan fingerprint density at radius 3 is 1.02 bits per heavy atom. The number of hydrogen-bond acceptors (Lipinski definition) is 11. The van der Waals surface area contributed by atoms with Crippen LogP contribution in [0.25, 0.3) is 0 Å². The summed E-state index contributed by atoms with van der Waals surface area (Å²) >= 11 is 0. The van der Waals surface area contributed by atoms with Gasteiger partial charge in [-0.1, -0.05) is 236 Å². The highest BCUT2D eigenvalue weighted by Crippen LogP contribution is 2.50. The van der Waals surface area contributed by atoms with E-state index in [9.17, 15) is 30.6 Å². The summed E-state index contributed by atoms with van der Waals surface area (Å²) in [5.74, 6) is 18.4. The molecule has 8 rings (SSSR count). The van der Waals surface area contributed by atoms with E-state index in [4.69, 9.17) is 23.7 Å². The van der Waals surface area contributed by atoms with Gasteiger partial charge in [-0.3, -0.25) is 0 Å². The third kappa shape index (κ3) is 29.9. The van der Waals surface area contributed by atoms with Crippen LogP contribution in [-0.2, 0) is 23.7 Å². The van der Waals surface area contributed by atoms with Gasteiger partial charge in [0.15, 0.2) is 0 Å². The lowest BCUT2D eigenvalue weighted by Gasteiger charge is -2.32. The summed E-state index contributed by atoms with van der Waals surface area (Å²) in [7, 11) is 0. The molecular weight excluding hydrogens is 1280 g/mol. The highest BCUT2D eigenvalue weighted by molar-refractivity contribution is 5.10. The van der Waals surface area contributed by atoms with Gasteiger partial charge in [-0.25, -0.2) is 0 Å². The monoisotopic (exact) mass is 1450 g/mol. The molecule has 8 aliphatic rings. The van der Waals surface area contributed by atoms with Crippen LogP contribution in [0.2, 0.25) is 0 Å². The van der Waals surface area contributed by atoms with Gasteiger partial charge in [0.05, 0.1) is 33.0 Å². The van der Waals surface area contributed by atoms with Gasteiger partial charge < -0.3 is 54.3 Å². The SMILES string of the molecule is CC1CCCC2CCC(C2)C(C)CCCC(C)CCC(C)CCCC(C)C2CCC(C2)C2CCC(CCOC[C@@H](COC3C(O)C(O)C(O)C3(O)CO)OCCC(C)CCCC3CCC(C3)C(C)CCCC(C)CCC(C)CCCC(C)C3CCC(C3)C3CCC(CCOC[C@@H](CO)OCC1)C3)C2. The van der Waals surface area contributed by atoms with Crippen LogP contribution in [0.3, 0.4) is 0 Å². The van der Waals surface area contributed by atoms with E-state index >= 15 is 0 Å². The quantitative estimate of drug-likeness (QED) is 0.155. The van der Waals surface area contributed by atoms with Crippen LogP contribution in [-0.4, -0.2) is 132 Å². The molecule has 12 bridgehead atoms. The zero-order chi connectivity index (χ0) is 73.7. The molecule has 0 spiro atoms. The Labute approximate surface area is 634 Å². The molecular formula is C92H170O11. The van der Waals surface area contributed by atoms with E-state index in [0.717, 1.165) is 145 Å². The van der Waals surface area contributed by atoms with Crippen LogP contribution in [0.1, 0.15) is 352 Å². The lowest BCUT2D eigenvalue weighted by Crippen LogP contribution is -2.53. The van der Waals surface area contributed by atoms with E-state index in [1.807, 2.05) is 0 Å². The second-order valence-corrected chi connectivity index (χ2v) is 39.5. The summed E-state index contributed by atoms with van der Waals surface area (Å²) in [4.78, 5) is 0. The predicted molar refractivity (Wildman–Crippen MR) is 425 cm³/mol. The van der Waals surface area contributed by atoms with Gasteiger partial charge in [0.25, 0.3) is 0 Å². The van der Waals surface area contributed by atoms with Crippen LogP contribution >= 0.6 is 0 Å². The first-order valence-electron chi connectivity index (χ1n) is 45.7. The predicted octanol–water partition coefficient (Wildman–Crippen LogP) is 21.0. The Morgan fingerprint density at radius 1 is 0.311 bits per heavy atom. The van der Waals surface area contributed by atoms with Crippen molar-refractivity contribution in [3.63, 3.8) is 0 Å². The van der Waals surface area contributed by atoms with Crippen molar-refractivity contribution in [3.05, 3.63) is 0 Å². The summed E-state index contributed by atoms with van der Waals surface area (Å²) in [6, 6.07) is 0. The van der Waals surface area contributed by atoms with E-state index in [1.165, 1.54) is 263 Å². The normalized spacial score (nSPS) is 44.7. The maximum atomic E-state index is 11.1. The molecule has 0 aromatic rings. The fourth-order valence-corrected chi connectivity index (χ4v) is 22.9. The van der Waals surface area contributed by atoms with Gasteiger partial charge in [0.2, 0.25) is 0 Å². The summed E-state index contributed by atoms with van der Waals surface area (Å²) in [5, 5.41) is 63.2. The van der Waals surface area contributed by atoms with E-state index < -0.39 is 42.7 Å². The number of aliphatic hydroxyl groups excluding tert-OH is 5. The standard InChI is InChI=1S/C92H170O11/c1-64-17-11-23-70(7)78-37-33-74(53-78)27-15-21-68(5)45-51-101-86(59-93)60-99-49-47-76-35-39-82(55-76)84-43-41-80(57-84)72(9)25-13-19-66(3)31-30-65(2)18-12-24-71(8)79-38-34-75(54-79)28-16-22-69(6)46-52-102-87(62-103-91-89(96)88(95)90(97)92(91,98)63-94)61-100-50-48-77-36-40-83(56-77)85-44-42-81(58-85)73(10)26-14-20-67(4)32-29-64/h64-91,93-98H,11-63H2,1-10H3/t64?,65?,66?,67?,68?,69?,70?,71?,72?,73?,74?,75?,76?,77?,78?,79?,80?,81?,82?,83?,84?,85?,86-,87+,88?,89?,90?,91?,92?/m1/s1. The minimum atomic E-state index is -2.18. The third-order valence-corrected chi connectivity index (χ3v) is 31.0. The molecule has 7 saturated carbocycles. The molecule has 1 saturated heterocycles. The van der Waals surface area contributed by atoms with E-state index in [2.05, 4.69) is 69.2 Å². The smallest absolute Gasteiger partial charge is 0.145 e. The average Bonchev–Trinajstić information content (AvgIpc) is 1.62. The Balaban J connectivity index is 0.746. The summed E-state index contributed by atoms with van der Waals surface area (Å²) in [6.45, 7) is 28.0. The lowest BCUT2D eigenvalue weighted by atomic mass is 9.83. The molecule has 8 fully saturated rings. The second-order valence-electron chi connectivity index (χ2n) is 39.5. The van der Waals surface area contributed by atoms with Gasteiger partial charge in [-0.2, -0.15) is 0 Å². The molecule has 103 heavy (non-hydrogen) atoms. The van der Waals surface area contributed by atoms with Gasteiger partial charge in [-0.15, -0.1) is 0 Å². The van der Waals surface area contributed by atoms with Crippen LogP contribution in [0.4, 0.5) is 0 Å². The van der Waals surface area contributed by atoms with Crippen molar-refractivity contribution in [2.75, 3.05) is 59.5 Å². The molecule has 7 aliphatic carbocycles. The third-order valence-electron chi connectivity index (χ3n) is 31.0. The lowest BCUT2D eigenvalue weighted by molar-refractivity contribution is -0.183.